The van der Waals surface area contributed by atoms with Crippen LogP contribution in [0.5, 0.6) is 0 Å². The second-order valence-corrected chi connectivity index (χ2v) is 5.20. The van der Waals surface area contributed by atoms with Crippen LogP contribution in [-0.2, 0) is 0 Å². The van der Waals surface area contributed by atoms with Gasteiger partial charge in [-0.25, -0.2) is 8.78 Å². The van der Waals surface area contributed by atoms with Crippen LogP contribution in [0.3, 0.4) is 0 Å². The van der Waals surface area contributed by atoms with Crippen LogP contribution in [0.4, 0.5) is 20.2 Å². The Labute approximate surface area is 126 Å². The summed E-state index contributed by atoms with van der Waals surface area (Å²) in [5.41, 5.74) is 5.92. The standard InChI is InChI=1S/C13H8BrClF2N2O/c14-8-4-7(16)5-10(17)12(8)19-13(20)6-1-2-11(18)9(15)3-6/h1-5H,18H2,(H,19,20). The van der Waals surface area contributed by atoms with Crippen molar-refractivity contribution in [1.29, 1.82) is 0 Å². The van der Waals surface area contributed by atoms with Gasteiger partial charge < -0.3 is 11.1 Å². The smallest absolute Gasteiger partial charge is 0.255 e. The second kappa shape index (κ2) is 5.76. The average Bonchev–Trinajstić information content (AvgIpc) is 2.36. The van der Waals surface area contributed by atoms with E-state index in [-0.39, 0.29) is 20.7 Å². The number of carbonyl (C=O) groups is 1. The summed E-state index contributed by atoms with van der Waals surface area (Å²) in [7, 11) is 0. The lowest BCUT2D eigenvalue weighted by Gasteiger charge is -2.09. The molecule has 20 heavy (non-hydrogen) atoms. The Morgan fingerprint density at radius 2 is 1.95 bits per heavy atom. The van der Waals surface area contributed by atoms with Gasteiger partial charge in [0.15, 0.2) is 5.82 Å². The van der Waals surface area contributed by atoms with Gasteiger partial charge in [0.05, 0.1) is 16.4 Å². The molecule has 2 aromatic carbocycles. The van der Waals surface area contributed by atoms with Crippen molar-refractivity contribution in [3.05, 3.63) is 57.0 Å². The van der Waals surface area contributed by atoms with E-state index in [1.165, 1.54) is 18.2 Å². The van der Waals surface area contributed by atoms with Gasteiger partial charge in [-0.15, -0.1) is 0 Å². The molecule has 1 amide bonds. The Morgan fingerprint density at radius 1 is 1.25 bits per heavy atom. The number of anilines is 2. The summed E-state index contributed by atoms with van der Waals surface area (Å²) >= 11 is 8.79. The zero-order valence-electron chi connectivity index (χ0n) is 9.88. The molecule has 7 heteroatoms. The summed E-state index contributed by atoms with van der Waals surface area (Å²) in [6.07, 6.45) is 0. The number of nitrogens with two attached hydrogens (primary N) is 1. The molecule has 2 rings (SSSR count). The molecule has 0 saturated heterocycles. The van der Waals surface area contributed by atoms with Crippen molar-refractivity contribution < 1.29 is 13.6 Å². The molecule has 3 N–H and O–H groups in total. The molecule has 2 aromatic rings. The van der Waals surface area contributed by atoms with Crippen molar-refractivity contribution >= 4 is 44.8 Å². The summed E-state index contributed by atoms with van der Waals surface area (Å²) < 4.78 is 26.7. The maximum absolute atomic E-state index is 13.6. The molecular weight excluding hydrogens is 354 g/mol. The second-order valence-electron chi connectivity index (χ2n) is 3.93. The fourth-order valence-electron chi connectivity index (χ4n) is 1.52. The van der Waals surface area contributed by atoms with Crippen LogP contribution >= 0.6 is 27.5 Å². The summed E-state index contributed by atoms with van der Waals surface area (Å²) in [6.45, 7) is 0. The van der Waals surface area contributed by atoms with Crippen molar-refractivity contribution in [2.75, 3.05) is 11.1 Å². The molecule has 104 valence electrons. The minimum Gasteiger partial charge on any atom is -0.398 e. The van der Waals surface area contributed by atoms with Crippen LogP contribution in [0.1, 0.15) is 10.4 Å². The van der Waals surface area contributed by atoms with E-state index in [1.54, 1.807) is 0 Å². The van der Waals surface area contributed by atoms with Crippen molar-refractivity contribution in [3.63, 3.8) is 0 Å². The van der Waals surface area contributed by atoms with Crippen LogP contribution in [0.2, 0.25) is 5.02 Å². The van der Waals surface area contributed by atoms with Crippen LogP contribution in [0, 0.1) is 11.6 Å². The molecule has 0 heterocycles. The number of hydrogen-bond donors (Lipinski definition) is 2. The Balaban J connectivity index is 2.30. The van der Waals surface area contributed by atoms with Crippen LogP contribution < -0.4 is 11.1 Å². The van der Waals surface area contributed by atoms with Crippen LogP contribution in [0.25, 0.3) is 0 Å². The summed E-state index contributed by atoms with van der Waals surface area (Å²) in [5.74, 6) is -2.22. The molecule has 0 aliphatic carbocycles. The first kappa shape index (κ1) is 14.7. The van der Waals surface area contributed by atoms with Crippen LogP contribution in [-0.4, -0.2) is 5.91 Å². The number of benzene rings is 2. The summed E-state index contributed by atoms with van der Waals surface area (Å²) in [5, 5.41) is 2.56. The third-order valence-corrected chi connectivity index (χ3v) is 3.46. The highest BCUT2D eigenvalue weighted by atomic mass is 79.9. The molecular formula is C13H8BrClF2N2O. The molecule has 0 fully saturated rings. The van der Waals surface area contributed by atoms with Gasteiger partial charge in [-0.3, -0.25) is 4.79 Å². The highest BCUT2D eigenvalue weighted by molar-refractivity contribution is 9.10. The summed E-state index contributed by atoms with van der Waals surface area (Å²) in [4.78, 5) is 12.0. The van der Waals surface area contributed by atoms with E-state index in [4.69, 9.17) is 17.3 Å². The zero-order valence-corrected chi connectivity index (χ0v) is 12.2. The highest BCUT2D eigenvalue weighted by Crippen LogP contribution is 2.28. The van der Waals surface area contributed by atoms with Gasteiger partial charge >= 0.3 is 0 Å². The first-order valence-corrected chi connectivity index (χ1v) is 6.56. The first-order valence-electron chi connectivity index (χ1n) is 5.39. The maximum Gasteiger partial charge on any atom is 0.255 e. The number of hydrogen-bond acceptors (Lipinski definition) is 2. The fourth-order valence-corrected chi connectivity index (χ4v) is 2.20. The van der Waals surface area contributed by atoms with Gasteiger partial charge in [0.2, 0.25) is 0 Å². The third-order valence-electron chi connectivity index (χ3n) is 2.51. The third kappa shape index (κ3) is 3.08. The zero-order chi connectivity index (χ0) is 14.9. The van der Waals surface area contributed by atoms with E-state index in [2.05, 4.69) is 21.2 Å². The van der Waals surface area contributed by atoms with Gasteiger partial charge in [0.25, 0.3) is 5.91 Å². The molecule has 0 aliphatic rings. The lowest BCUT2D eigenvalue weighted by atomic mass is 10.2. The molecule has 0 unspecified atom stereocenters. The number of nitrogens with one attached hydrogen (secondary N) is 1. The first-order chi connectivity index (χ1) is 9.38. The van der Waals surface area contributed by atoms with Crippen molar-refractivity contribution in [2.24, 2.45) is 0 Å². The van der Waals surface area contributed by atoms with Gasteiger partial charge in [-0.1, -0.05) is 11.6 Å². The van der Waals surface area contributed by atoms with Gasteiger partial charge in [-0.05, 0) is 40.2 Å². The van der Waals surface area contributed by atoms with E-state index >= 15 is 0 Å². The number of carbonyl (C=O) groups excluding carboxylic acids is 1. The number of halogens is 4. The average molecular weight is 362 g/mol. The van der Waals surface area contributed by atoms with E-state index in [0.717, 1.165) is 6.07 Å². The van der Waals surface area contributed by atoms with Crippen LogP contribution in [0.15, 0.2) is 34.8 Å². The van der Waals surface area contributed by atoms with Gasteiger partial charge in [0, 0.05) is 16.1 Å². The lowest BCUT2D eigenvalue weighted by Crippen LogP contribution is -2.14. The largest absolute Gasteiger partial charge is 0.398 e. The van der Waals surface area contributed by atoms with Crippen molar-refractivity contribution in [2.45, 2.75) is 0 Å². The molecule has 0 aliphatic heterocycles. The number of amides is 1. The molecule has 0 aromatic heterocycles. The Morgan fingerprint density at radius 3 is 2.55 bits per heavy atom. The minimum absolute atomic E-state index is 0.102. The molecule has 0 saturated carbocycles. The SMILES string of the molecule is Nc1ccc(C(=O)Nc2c(F)cc(F)cc2Br)cc1Cl. The van der Waals surface area contributed by atoms with E-state index in [0.29, 0.717) is 11.8 Å². The summed E-state index contributed by atoms with van der Waals surface area (Å²) in [6, 6.07) is 6.01. The van der Waals surface area contributed by atoms with Crippen molar-refractivity contribution in [1.82, 2.24) is 0 Å². The highest BCUT2D eigenvalue weighted by Gasteiger charge is 2.14. The predicted octanol–water partition coefficient (Wildman–Crippen LogP) is 4.22. The Kier molecular flexibility index (Phi) is 4.25. The van der Waals surface area contributed by atoms with E-state index in [1.807, 2.05) is 0 Å². The number of nitrogen functional groups attached to an aromatic ring is 1. The lowest BCUT2D eigenvalue weighted by molar-refractivity contribution is 0.102. The predicted molar refractivity (Wildman–Crippen MR) is 77.9 cm³/mol. The fraction of sp³-hybridized carbons (Fsp3) is 0. The maximum atomic E-state index is 13.6. The van der Waals surface area contributed by atoms with E-state index < -0.39 is 17.5 Å². The molecule has 0 atom stereocenters. The monoisotopic (exact) mass is 360 g/mol. The molecule has 3 nitrogen and oxygen atoms in total. The Hall–Kier alpha value is -1.66. The van der Waals surface area contributed by atoms with Gasteiger partial charge in [0.1, 0.15) is 5.82 Å². The van der Waals surface area contributed by atoms with E-state index in [9.17, 15) is 13.6 Å². The topological polar surface area (TPSA) is 55.1 Å². The quantitative estimate of drug-likeness (QED) is 0.787. The molecule has 0 radical (unpaired) electrons. The molecule has 0 bridgehead atoms. The Bertz CT molecular complexity index is 671. The number of rotatable bonds is 2. The molecule has 0 spiro atoms. The van der Waals surface area contributed by atoms with Crippen molar-refractivity contribution in [3.8, 4) is 0 Å². The van der Waals surface area contributed by atoms with Gasteiger partial charge in [-0.2, -0.15) is 0 Å². The normalized spacial score (nSPS) is 10.4. The minimum atomic E-state index is -0.883.